The number of fused-ring (bicyclic) bond motifs is 2. The first-order chi connectivity index (χ1) is 12.7. The molecule has 1 aromatic rings. The smallest absolute Gasteiger partial charge is 0.327 e. The third-order valence-electron chi connectivity index (χ3n) is 5.58. The molecule has 2 fully saturated rings. The van der Waals surface area contributed by atoms with Crippen molar-refractivity contribution in [3.63, 3.8) is 0 Å². The van der Waals surface area contributed by atoms with Gasteiger partial charge in [-0.1, -0.05) is 37.3 Å². The molecule has 2 N–H and O–H groups in total. The van der Waals surface area contributed by atoms with E-state index in [-0.39, 0.29) is 18.2 Å². The van der Waals surface area contributed by atoms with Crippen LogP contribution in [0.15, 0.2) is 46.8 Å². The Hall–Kier alpha value is -2.50. The summed E-state index contributed by atoms with van der Waals surface area (Å²) in [5.74, 6) is 2.57. The highest BCUT2D eigenvalue weighted by Gasteiger charge is 2.47. The molecule has 2 atom stereocenters. The number of amides is 2. The number of hydrogen-bond donors (Lipinski definition) is 2. The lowest BCUT2D eigenvalue weighted by molar-refractivity contribution is 0.146. The van der Waals surface area contributed by atoms with Crippen molar-refractivity contribution < 1.29 is 4.79 Å². The van der Waals surface area contributed by atoms with Gasteiger partial charge in [0, 0.05) is 25.0 Å². The van der Waals surface area contributed by atoms with Gasteiger partial charge in [-0.05, 0) is 31.2 Å². The van der Waals surface area contributed by atoms with Gasteiger partial charge in [-0.2, -0.15) is 0 Å². The minimum atomic E-state index is -0.174. The van der Waals surface area contributed by atoms with Gasteiger partial charge in [0.25, 0.3) is 0 Å². The van der Waals surface area contributed by atoms with Gasteiger partial charge in [0.2, 0.25) is 0 Å². The lowest BCUT2D eigenvalue weighted by Gasteiger charge is -2.36. The number of carbonyl (C=O) groups is 1. The number of benzene rings is 1. The van der Waals surface area contributed by atoms with Crippen LogP contribution >= 0.6 is 0 Å². The Bertz CT molecular complexity index is 783. The van der Waals surface area contributed by atoms with Crippen LogP contribution in [0.5, 0.6) is 0 Å². The predicted octanol–water partition coefficient (Wildman–Crippen LogP) is 2.26. The van der Waals surface area contributed by atoms with Gasteiger partial charge in [-0.3, -0.25) is 9.80 Å². The highest BCUT2D eigenvalue weighted by molar-refractivity contribution is 5.92. The maximum absolute atomic E-state index is 13.1. The molecule has 3 aliphatic heterocycles. The number of rotatable bonds is 5. The SMILES string of the molecule is CCCN1C(=O)N2C[C@@H](Cc3ccccc3)NC2=C2NC(C3CC3)=NC21. The van der Waals surface area contributed by atoms with Crippen LogP contribution in [-0.4, -0.2) is 47.0 Å². The van der Waals surface area contributed by atoms with Crippen LogP contribution in [0.4, 0.5) is 4.79 Å². The second-order valence-corrected chi connectivity index (χ2v) is 7.67. The lowest BCUT2D eigenvalue weighted by Crippen LogP contribution is -2.53. The molecule has 6 heteroatoms. The first kappa shape index (κ1) is 15.7. The van der Waals surface area contributed by atoms with E-state index >= 15 is 0 Å². The van der Waals surface area contributed by atoms with E-state index in [0.717, 1.165) is 36.7 Å². The largest absolute Gasteiger partial charge is 0.365 e. The first-order valence-corrected chi connectivity index (χ1v) is 9.72. The zero-order valence-electron chi connectivity index (χ0n) is 15.1. The van der Waals surface area contributed by atoms with E-state index in [9.17, 15) is 4.79 Å². The van der Waals surface area contributed by atoms with Crippen LogP contribution in [-0.2, 0) is 6.42 Å². The number of aliphatic imine (C=N–C) groups is 1. The Morgan fingerprint density at radius 3 is 2.77 bits per heavy atom. The van der Waals surface area contributed by atoms with Gasteiger partial charge in [0.1, 0.15) is 17.4 Å². The number of urea groups is 1. The summed E-state index contributed by atoms with van der Waals surface area (Å²) in [5.41, 5.74) is 2.36. The van der Waals surface area contributed by atoms with E-state index in [0.29, 0.717) is 12.5 Å². The van der Waals surface area contributed by atoms with Crippen molar-refractivity contribution in [1.29, 1.82) is 0 Å². The fourth-order valence-electron chi connectivity index (χ4n) is 4.16. The summed E-state index contributed by atoms with van der Waals surface area (Å²) in [6, 6.07) is 10.8. The quantitative estimate of drug-likeness (QED) is 0.855. The summed E-state index contributed by atoms with van der Waals surface area (Å²) in [6.45, 7) is 3.56. The van der Waals surface area contributed by atoms with Crippen LogP contribution in [0, 0.1) is 5.92 Å². The molecule has 0 spiro atoms. The Kier molecular flexibility index (Phi) is 3.65. The van der Waals surface area contributed by atoms with Gasteiger partial charge in [0.15, 0.2) is 6.17 Å². The van der Waals surface area contributed by atoms with Gasteiger partial charge in [0.05, 0.1) is 0 Å². The van der Waals surface area contributed by atoms with Crippen LogP contribution in [0.25, 0.3) is 0 Å². The number of amidine groups is 1. The highest BCUT2D eigenvalue weighted by atomic mass is 16.2. The van der Waals surface area contributed by atoms with E-state index in [1.165, 1.54) is 18.4 Å². The molecular weight excluding hydrogens is 326 g/mol. The molecule has 26 heavy (non-hydrogen) atoms. The molecule has 3 heterocycles. The minimum Gasteiger partial charge on any atom is -0.365 e. The maximum Gasteiger partial charge on any atom is 0.327 e. The molecule has 4 aliphatic rings. The number of hydrogen-bond acceptors (Lipinski definition) is 4. The van der Waals surface area contributed by atoms with Crippen molar-refractivity contribution in [2.75, 3.05) is 13.1 Å². The van der Waals surface area contributed by atoms with E-state index in [4.69, 9.17) is 4.99 Å². The fraction of sp³-hybridized carbons (Fsp3) is 0.500. The minimum absolute atomic E-state index is 0.0845. The second-order valence-electron chi connectivity index (χ2n) is 7.67. The first-order valence-electron chi connectivity index (χ1n) is 9.72. The summed E-state index contributed by atoms with van der Waals surface area (Å²) in [7, 11) is 0. The monoisotopic (exact) mass is 351 g/mol. The Labute approximate surface area is 154 Å². The Morgan fingerprint density at radius 1 is 1.23 bits per heavy atom. The number of carbonyl (C=O) groups excluding carboxylic acids is 1. The molecule has 0 radical (unpaired) electrons. The highest BCUT2D eigenvalue weighted by Crippen LogP contribution is 2.37. The molecular formula is C20H25N5O. The molecule has 136 valence electrons. The third-order valence-corrected chi connectivity index (χ3v) is 5.58. The Morgan fingerprint density at radius 2 is 2.04 bits per heavy atom. The summed E-state index contributed by atoms with van der Waals surface area (Å²) in [5, 5.41) is 7.16. The average Bonchev–Trinajstić information content (AvgIpc) is 3.27. The molecule has 1 unspecified atom stereocenters. The van der Waals surface area contributed by atoms with Crippen molar-refractivity contribution in [2.24, 2.45) is 10.9 Å². The summed E-state index contributed by atoms with van der Waals surface area (Å²) < 4.78 is 0. The van der Waals surface area contributed by atoms with Crippen LogP contribution in [0.2, 0.25) is 0 Å². The average molecular weight is 351 g/mol. The number of nitrogens with one attached hydrogen (secondary N) is 2. The van der Waals surface area contributed by atoms with Gasteiger partial charge >= 0.3 is 6.03 Å². The third kappa shape index (κ3) is 2.55. The van der Waals surface area contributed by atoms with Crippen molar-refractivity contribution >= 4 is 11.9 Å². The van der Waals surface area contributed by atoms with E-state index in [1.54, 1.807) is 0 Å². The topological polar surface area (TPSA) is 60.0 Å². The maximum atomic E-state index is 13.1. The van der Waals surface area contributed by atoms with Gasteiger partial charge < -0.3 is 10.6 Å². The number of nitrogens with zero attached hydrogens (tertiary/aromatic N) is 3. The van der Waals surface area contributed by atoms with E-state index in [1.807, 2.05) is 15.9 Å². The fourth-order valence-corrected chi connectivity index (χ4v) is 4.16. The van der Waals surface area contributed by atoms with Gasteiger partial charge in [-0.25, -0.2) is 9.79 Å². The molecule has 6 nitrogen and oxygen atoms in total. The van der Waals surface area contributed by atoms with Crippen molar-refractivity contribution in [3.05, 3.63) is 47.4 Å². The van der Waals surface area contributed by atoms with E-state index in [2.05, 4.69) is 41.8 Å². The van der Waals surface area contributed by atoms with Crippen molar-refractivity contribution in [2.45, 2.75) is 44.8 Å². The standard InChI is InChI=1S/C20H25N5O/c1-2-10-24-19-16(22-17(23-19)14-8-9-14)18-21-15(12-25(18)20(24)26)11-13-6-4-3-5-7-13/h3-7,14-15,19,21H,2,8-12H2,1H3,(H,22,23)/t15-,19?/m1/s1. The van der Waals surface area contributed by atoms with Crippen LogP contribution in [0.1, 0.15) is 31.7 Å². The van der Waals surface area contributed by atoms with E-state index < -0.39 is 0 Å². The molecule has 5 rings (SSSR count). The molecule has 0 aromatic heterocycles. The van der Waals surface area contributed by atoms with Crippen molar-refractivity contribution in [3.8, 4) is 0 Å². The Balaban J connectivity index is 1.43. The molecule has 1 saturated carbocycles. The zero-order valence-corrected chi connectivity index (χ0v) is 15.1. The molecule has 2 amide bonds. The summed E-state index contributed by atoms with van der Waals surface area (Å²) in [6.07, 6.45) is 4.09. The van der Waals surface area contributed by atoms with Gasteiger partial charge in [-0.15, -0.1) is 0 Å². The van der Waals surface area contributed by atoms with Crippen molar-refractivity contribution in [1.82, 2.24) is 20.4 Å². The lowest BCUT2D eigenvalue weighted by atomic mass is 10.1. The predicted molar refractivity (Wildman–Crippen MR) is 100 cm³/mol. The molecule has 1 aromatic carbocycles. The van der Waals surface area contributed by atoms with Crippen LogP contribution in [0.3, 0.4) is 0 Å². The van der Waals surface area contributed by atoms with Crippen LogP contribution < -0.4 is 10.6 Å². The molecule has 1 saturated heterocycles. The zero-order chi connectivity index (χ0) is 17.7. The summed E-state index contributed by atoms with van der Waals surface area (Å²) >= 11 is 0. The normalized spacial score (nSPS) is 27.1. The second kappa shape index (κ2) is 6.04. The summed E-state index contributed by atoms with van der Waals surface area (Å²) in [4.78, 5) is 21.8. The molecule has 1 aliphatic carbocycles. The molecule has 0 bridgehead atoms.